The van der Waals surface area contributed by atoms with Crippen molar-refractivity contribution < 1.29 is 8.78 Å². The van der Waals surface area contributed by atoms with E-state index in [0.717, 1.165) is 30.5 Å². The van der Waals surface area contributed by atoms with Crippen LogP contribution in [0.1, 0.15) is 18.2 Å². The molecule has 1 heterocycles. The molecule has 5 heteroatoms. The molecule has 2 aromatic rings. The van der Waals surface area contributed by atoms with Gasteiger partial charge in [0.25, 0.3) is 0 Å². The summed E-state index contributed by atoms with van der Waals surface area (Å²) >= 11 is 1.35. The molecule has 0 fully saturated rings. The monoisotopic (exact) mass is 268 g/mol. The number of nitrogens with zero attached hydrogens (tertiary/aromatic N) is 1. The molecular formula is C13H14F2N2S. The summed E-state index contributed by atoms with van der Waals surface area (Å²) in [6, 6.07) is 5.31. The minimum Gasteiger partial charge on any atom is -0.312 e. The smallest absolute Gasteiger partial charge is 0.126 e. The first-order chi connectivity index (χ1) is 8.69. The fourth-order valence-corrected chi connectivity index (χ4v) is 2.33. The van der Waals surface area contributed by atoms with Crippen LogP contribution in [0.25, 0.3) is 11.3 Å². The van der Waals surface area contributed by atoms with Crippen molar-refractivity contribution in [2.75, 3.05) is 6.54 Å². The van der Waals surface area contributed by atoms with Crippen molar-refractivity contribution >= 4 is 11.5 Å². The zero-order valence-corrected chi connectivity index (χ0v) is 10.9. The molecule has 2 nitrogen and oxygen atoms in total. The first-order valence-corrected chi connectivity index (χ1v) is 6.59. The van der Waals surface area contributed by atoms with Gasteiger partial charge < -0.3 is 5.32 Å². The average molecular weight is 268 g/mol. The molecule has 2 rings (SSSR count). The highest BCUT2D eigenvalue weighted by molar-refractivity contribution is 7.06. The van der Waals surface area contributed by atoms with E-state index >= 15 is 0 Å². The Bertz CT molecular complexity index is 505. The Hall–Kier alpha value is -1.33. The number of aromatic nitrogens is 1. The van der Waals surface area contributed by atoms with Gasteiger partial charge in [-0.05, 0) is 42.7 Å². The quantitative estimate of drug-likeness (QED) is 0.838. The van der Waals surface area contributed by atoms with E-state index in [0.29, 0.717) is 11.3 Å². The summed E-state index contributed by atoms with van der Waals surface area (Å²) in [6.45, 7) is 3.78. The van der Waals surface area contributed by atoms with E-state index in [2.05, 4.69) is 16.6 Å². The van der Waals surface area contributed by atoms with Crippen molar-refractivity contribution in [3.05, 3.63) is 40.8 Å². The summed E-state index contributed by atoms with van der Waals surface area (Å²) in [5.41, 5.74) is 1.09. The standard InChI is InChI=1S/C13H14F2N2S/c1-2-3-16-8-12-7-13(17-18-12)9-4-10(14)6-11(15)5-9/h4-7,16H,2-3,8H2,1H3. The van der Waals surface area contributed by atoms with Crippen LogP contribution in [0.5, 0.6) is 0 Å². The lowest BCUT2D eigenvalue weighted by atomic mass is 10.1. The third-order valence-corrected chi connectivity index (χ3v) is 3.23. The summed E-state index contributed by atoms with van der Waals surface area (Å²) < 4.78 is 30.4. The summed E-state index contributed by atoms with van der Waals surface area (Å²) in [5, 5.41) is 3.26. The molecule has 0 saturated carbocycles. The largest absolute Gasteiger partial charge is 0.312 e. The van der Waals surface area contributed by atoms with Gasteiger partial charge >= 0.3 is 0 Å². The predicted octanol–water partition coefficient (Wildman–Crippen LogP) is 3.59. The van der Waals surface area contributed by atoms with Crippen molar-refractivity contribution in [2.24, 2.45) is 0 Å². The number of nitrogens with one attached hydrogen (secondary N) is 1. The van der Waals surface area contributed by atoms with Gasteiger partial charge in [-0.3, -0.25) is 0 Å². The molecule has 0 radical (unpaired) electrons. The second-order valence-electron chi connectivity index (χ2n) is 4.01. The maximum atomic E-state index is 13.1. The van der Waals surface area contributed by atoms with Crippen molar-refractivity contribution in [1.82, 2.24) is 9.69 Å². The highest BCUT2D eigenvalue weighted by atomic mass is 32.1. The normalized spacial score (nSPS) is 10.8. The number of rotatable bonds is 5. The predicted molar refractivity (Wildman–Crippen MR) is 69.5 cm³/mol. The Labute approximate surface area is 109 Å². The van der Waals surface area contributed by atoms with Gasteiger partial charge in [-0.15, -0.1) is 0 Å². The zero-order valence-electron chi connectivity index (χ0n) is 10.0. The molecule has 0 atom stereocenters. The molecule has 96 valence electrons. The van der Waals surface area contributed by atoms with Gasteiger partial charge in [0.2, 0.25) is 0 Å². The van der Waals surface area contributed by atoms with Gasteiger partial charge in [-0.2, -0.15) is 4.37 Å². The number of halogens is 2. The van der Waals surface area contributed by atoms with Gasteiger partial charge in [0.05, 0.1) is 5.69 Å². The molecule has 18 heavy (non-hydrogen) atoms. The van der Waals surface area contributed by atoms with Gasteiger partial charge in [-0.25, -0.2) is 8.78 Å². The minimum atomic E-state index is -0.580. The Morgan fingerprint density at radius 2 is 1.89 bits per heavy atom. The molecule has 0 amide bonds. The van der Waals surface area contributed by atoms with Crippen LogP contribution in [-0.4, -0.2) is 10.9 Å². The molecule has 1 aromatic carbocycles. The molecule has 0 aliphatic rings. The molecule has 1 N–H and O–H groups in total. The highest BCUT2D eigenvalue weighted by Gasteiger charge is 2.07. The van der Waals surface area contributed by atoms with Crippen molar-refractivity contribution in [2.45, 2.75) is 19.9 Å². The molecule has 0 unspecified atom stereocenters. The molecule has 0 bridgehead atoms. The van der Waals surface area contributed by atoms with Gasteiger partial charge in [-0.1, -0.05) is 6.92 Å². The Kier molecular flexibility index (Phi) is 4.38. The van der Waals surface area contributed by atoms with E-state index in [4.69, 9.17) is 0 Å². The van der Waals surface area contributed by atoms with Crippen LogP contribution >= 0.6 is 11.5 Å². The van der Waals surface area contributed by atoms with E-state index in [1.54, 1.807) is 0 Å². The summed E-state index contributed by atoms with van der Waals surface area (Å²) in [5.74, 6) is -1.16. The fraction of sp³-hybridized carbons (Fsp3) is 0.308. The summed E-state index contributed by atoms with van der Waals surface area (Å²) in [4.78, 5) is 1.06. The van der Waals surface area contributed by atoms with Gasteiger partial charge in [0, 0.05) is 23.1 Å². The number of benzene rings is 1. The van der Waals surface area contributed by atoms with Crippen LogP contribution in [-0.2, 0) is 6.54 Å². The first kappa shape index (κ1) is 13.1. The van der Waals surface area contributed by atoms with E-state index in [-0.39, 0.29) is 0 Å². The van der Waals surface area contributed by atoms with Crippen LogP contribution in [0, 0.1) is 11.6 Å². The van der Waals surface area contributed by atoms with Crippen molar-refractivity contribution in [1.29, 1.82) is 0 Å². The lowest BCUT2D eigenvalue weighted by Gasteiger charge is -1.98. The Morgan fingerprint density at radius 1 is 1.17 bits per heavy atom. The number of hydrogen-bond acceptors (Lipinski definition) is 3. The van der Waals surface area contributed by atoms with Crippen molar-refractivity contribution in [3.63, 3.8) is 0 Å². The van der Waals surface area contributed by atoms with E-state index in [9.17, 15) is 8.78 Å². The SMILES string of the molecule is CCCNCc1cc(-c2cc(F)cc(F)c2)ns1. The van der Waals surface area contributed by atoms with E-state index < -0.39 is 11.6 Å². The van der Waals surface area contributed by atoms with Crippen LogP contribution in [0.3, 0.4) is 0 Å². The summed E-state index contributed by atoms with van der Waals surface area (Å²) in [6.07, 6.45) is 1.07. The highest BCUT2D eigenvalue weighted by Crippen LogP contribution is 2.23. The van der Waals surface area contributed by atoms with Gasteiger partial charge in [0.1, 0.15) is 11.6 Å². The lowest BCUT2D eigenvalue weighted by molar-refractivity contribution is 0.584. The maximum Gasteiger partial charge on any atom is 0.126 e. The van der Waals surface area contributed by atoms with E-state index in [1.165, 1.54) is 23.7 Å². The number of hydrogen-bond donors (Lipinski definition) is 1. The molecule has 0 aliphatic carbocycles. The van der Waals surface area contributed by atoms with Crippen LogP contribution in [0.15, 0.2) is 24.3 Å². The average Bonchev–Trinajstić information content (AvgIpc) is 2.77. The van der Waals surface area contributed by atoms with Gasteiger partial charge in [0.15, 0.2) is 0 Å². The van der Waals surface area contributed by atoms with Crippen LogP contribution in [0.4, 0.5) is 8.78 Å². The molecular weight excluding hydrogens is 254 g/mol. The topological polar surface area (TPSA) is 24.9 Å². The lowest BCUT2D eigenvalue weighted by Crippen LogP contribution is -2.12. The van der Waals surface area contributed by atoms with Crippen LogP contribution < -0.4 is 5.32 Å². The molecule has 0 saturated heterocycles. The van der Waals surface area contributed by atoms with Crippen LogP contribution in [0.2, 0.25) is 0 Å². The third-order valence-electron chi connectivity index (χ3n) is 2.44. The first-order valence-electron chi connectivity index (χ1n) is 5.82. The molecule has 1 aromatic heterocycles. The zero-order chi connectivity index (χ0) is 13.0. The van der Waals surface area contributed by atoms with E-state index in [1.807, 2.05) is 6.07 Å². The fourth-order valence-electron chi connectivity index (χ4n) is 1.62. The summed E-state index contributed by atoms with van der Waals surface area (Å²) in [7, 11) is 0. The Balaban J connectivity index is 2.13. The minimum absolute atomic E-state index is 0.477. The molecule has 0 spiro atoms. The molecule has 0 aliphatic heterocycles. The van der Waals surface area contributed by atoms with Crippen molar-refractivity contribution in [3.8, 4) is 11.3 Å². The second kappa shape index (κ2) is 6.02. The maximum absolute atomic E-state index is 13.1. The Morgan fingerprint density at radius 3 is 2.56 bits per heavy atom. The third kappa shape index (κ3) is 3.34. The second-order valence-corrected chi connectivity index (χ2v) is 4.90.